The molecule has 0 heterocycles. The van der Waals surface area contributed by atoms with Gasteiger partial charge in [-0.2, -0.15) is 0 Å². The van der Waals surface area contributed by atoms with Crippen molar-refractivity contribution < 1.29 is 0 Å². The zero-order valence-corrected chi connectivity index (χ0v) is 10.8. The molecular weight excluding hydrogens is 170 g/mol. The molecule has 0 aromatic rings. The molecule has 0 amide bonds. The van der Waals surface area contributed by atoms with Crippen LogP contribution in [0.1, 0.15) is 60.3 Å². The Hall–Kier alpha value is -0.0400. The predicted molar refractivity (Wildman–Crippen MR) is 65.6 cm³/mol. The zero-order valence-electron chi connectivity index (χ0n) is 10.8. The van der Waals surface area contributed by atoms with Crippen LogP contribution in [0.4, 0.5) is 0 Å². The third-order valence-electron chi connectivity index (χ3n) is 3.22. The van der Waals surface area contributed by atoms with Gasteiger partial charge in [0.1, 0.15) is 0 Å². The minimum absolute atomic E-state index is 0.703. The Morgan fingerprint density at radius 2 is 1.64 bits per heavy atom. The Morgan fingerprint density at radius 3 is 2.14 bits per heavy atom. The van der Waals surface area contributed by atoms with Crippen molar-refractivity contribution in [3.8, 4) is 0 Å². The molecule has 86 valence electrons. The summed E-state index contributed by atoms with van der Waals surface area (Å²) in [6.45, 7) is 12.7. The van der Waals surface area contributed by atoms with E-state index in [4.69, 9.17) is 0 Å². The van der Waals surface area contributed by atoms with E-state index in [0.717, 1.165) is 11.8 Å². The van der Waals surface area contributed by atoms with Gasteiger partial charge in [0.25, 0.3) is 0 Å². The molecular formula is C13H29N. The maximum absolute atomic E-state index is 3.60. The van der Waals surface area contributed by atoms with E-state index in [1.54, 1.807) is 0 Å². The van der Waals surface area contributed by atoms with Gasteiger partial charge < -0.3 is 5.32 Å². The molecule has 0 aliphatic carbocycles. The predicted octanol–water partition coefficient (Wildman–Crippen LogP) is 3.84. The van der Waals surface area contributed by atoms with E-state index >= 15 is 0 Å². The van der Waals surface area contributed by atoms with E-state index in [2.05, 4.69) is 39.9 Å². The van der Waals surface area contributed by atoms with Gasteiger partial charge in [-0.25, -0.2) is 0 Å². The SMILES string of the molecule is CCCCC(C)NCCC(C)C(C)C. The van der Waals surface area contributed by atoms with Crippen LogP contribution in [0.3, 0.4) is 0 Å². The molecule has 0 fully saturated rings. The third kappa shape index (κ3) is 7.37. The van der Waals surface area contributed by atoms with E-state index in [1.165, 1.54) is 32.2 Å². The van der Waals surface area contributed by atoms with E-state index in [1.807, 2.05) is 0 Å². The molecule has 0 spiro atoms. The Kier molecular flexibility index (Phi) is 8.26. The fraction of sp³-hybridized carbons (Fsp3) is 1.00. The molecule has 2 unspecified atom stereocenters. The van der Waals surface area contributed by atoms with Crippen LogP contribution in [0, 0.1) is 11.8 Å². The first-order valence-electron chi connectivity index (χ1n) is 6.31. The fourth-order valence-corrected chi connectivity index (χ4v) is 1.50. The van der Waals surface area contributed by atoms with Crippen molar-refractivity contribution in [2.45, 2.75) is 66.3 Å². The number of nitrogens with one attached hydrogen (secondary N) is 1. The lowest BCUT2D eigenvalue weighted by Gasteiger charge is -2.18. The maximum Gasteiger partial charge on any atom is 0.00387 e. The monoisotopic (exact) mass is 199 g/mol. The molecule has 0 rings (SSSR count). The van der Waals surface area contributed by atoms with Gasteiger partial charge in [0.15, 0.2) is 0 Å². The molecule has 1 N–H and O–H groups in total. The minimum Gasteiger partial charge on any atom is -0.314 e. The van der Waals surface area contributed by atoms with Gasteiger partial charge in [-0.15, -0.1) is 0 Å². The normalized spacial score (nSPS) is 15.9. The number of hydrogen-bond donors (Lipinski definition) is 1. The number of hydrogen-bond acceptors (Lipinski definition) is 1. The molecule has 14 heavy (non-hydrogen) atoms. The van der Waals surface area contributed by atoms with E-state index in [0.29, 0.717) is 6.04 Å². The first kappa shape index (κ1) is 14.0. The first-order valence-corrected chi connectivity index (χ1v) is 6.31. The molecule has 0 saturated carbocycles. The molecule has 0 saturated heterocycles. The van der Waals surface area contributed by atoms with E-state index < -0.39 is 0 Å². The quantitative estimate of drug-likeness (QED) is 0.626. The minimum atomic E-state index is 0.703. The molecule has 0 aromatic carbocycles. The molecule has 2 atom stereocenters. The molecule has 0 aliphatic rings. The molecule has 1 nitrogen and oxygen atoms in total. The van der Waals surface area contributed by atoms with Crippen molar-refractivity contribution in [2.75, 3.05) is 6.54 Å². The summed E-state index contributed by atoms with van der Waals surface area (Å²) >= 11 is 0. The third-order valence-corrected chi connectivity index (χ3v) is 3.22. The summed E-state index contributed by atoms with van der Waals surface area (Å²) in [4.78, 5) is 0. The lowest BCUT2D eigenvalue weighted by Crippen LogP contribution is -2.28. The number of rotatable bonds is 8. The standard InChI is InChI=1S/C13H29N/c1-6-7-8-13(5)14-10-9-12(4)11(2)3/h11-14H,6-10H2,1-5H3. The van der Waals surface area contributed by atoms with Crippen LogP contribution in [0.15, 0.2) is 0 Å². The summed E-state index contributed by atoms with van der Waals surface area (Å²) < 4.78 is 0. The van der Waals surface area contributed by atoms with Gasteiger partial charge in [-0.3, -0.25) is 0 Å². The highest BCUT2D eigenvalue weighted by molar-refractivity contribution is 4.63. The highest BCUT2D eigenvalue weighted by Gasteiger charge is 2.07. The van der Waals surface area contributed by atoms with Crippen molar-refractivity contribution >= 4 is 0 Å². The largest absolute Gasteiger partial charge is 0.314 e. The lowest BCUT2D eigenvalue weighted by atomic mass is 9.95. The second kappa shape index (κ2) is 8.28. The Balaban J connectivity index is 3.34. The summed E-state index contributed by atoms with van der Waals surface area (Å²) in [6, 6.07) is 0.703. The van der Waals surface area contributed by atoms with Crippen LogP contribution in [0.5, 0.6) is 0 Å². The van der Waals surface area contributed by atoms with Gasteiger partial charge >= 0.3 is 0 Å². The smallest absolute Gasteiger partial charge is 0.00387 e. The first-order chi connectivity index (χ1) is 6.57. The highest BCUT2D eigenvalue weighted by atomic mass is 14.9. The van der Waals surface area contributed by atoms with Crippen LogP contribution in [-0.2, 0) is 0 Å². The van der Waals surface area contributed by atoms with E-state index in [-0.39, 0.29) is 0 Å². The van der Waals surface area contributed by atoms with Crippen molar-refractivity contribution in [2.24, 2.45) is 11.8 Å². The van der Waals surface area contributed by atoms with Crippen molar-refractivity contribution in [3.05, 3.63) is 0 Å². The average Bonchev–Trinajstić information content (AvgIpc) is 2.14. The topological polar surface area (TPSA) is 12.0 Å². The molecule has 0 radical (unpaired) electrons. The molecule has 0 aromatic heterocycles. The Labute approximate surface area is 90.7 Å². The summed E-state index contributed by atoms with van der Waals surface area (Å²) in [5.41, 5.74) is 0. The van der Waals surface area contributed by atoms with Gasteiger partial charge in [0, 0.05) is 6.04 Å². The van der Waals surface area contributed by atoms with Crippen LogP contribution < -0.4 is 5.32 Å². The van der Waals surface area contributed by atoms with Crippen molar-refractivity contribution in [1.29, 1.82) is 0 Å². The second-order valence-corrected chi connectivity index (χ2v) is 5.01. The van der Waals surface area contributed by atoms with Crippen LogP contribution in [0.2, 0.25) is 0 Å². The van der Waals surface area contributed by atoms with Gasteiger partial charge in [0.05, 0.1) is 0 Å². The summed E-state index contributed by atoms with van der Waals surface area (Å²) in [5, 5.41) is 3.60. The summed E-state index contributed by atoms with van der Waals surface area (Å²) in [7, 11) is 0. The second-order valence-electron chi connectivity index (χ2n) is 5.01. The van der Waals surface area contributed by atoms with Gasteiger partial charge in [0.2, 0.25) is 0 Å². The zero-order chi connectivity index (χ0) is 11.0. The highest BCUT2D eigenvalue weighted by Crippen LogP contribution is 2.13. The maximum atomic E-state index is 3.60. The van der Waals surface area contributed by atoms with Crippen LogP contribution >= 0.6 is 0 Å². The van der Waals surface area contributed by atoms with E-state index in [9.17, 15) is 0 Å². The Bertz CT molecular complexity index is 120. The van der Waals surface area contributed by atoms with Crippen molar-refractivity contribution in [1.82, 2.24) is 5.32 Å². The van der Waals surface area contributed by atoms with Crippen molar-refractivity contribution in [3.63, 3.8) is 0 Å². The molecule has 1 heteroatoms. The lowest BCUT2D eigenvalue weighted by molar-refractivity contribution is 0.369. The van der Waals surface area contributed by atoms with Gasteiger partial charge in [-0.05, 0) is 38.1 Å². The average molecular weight is 199 g/mol. The fourth-order valence-electron chi connectivity index (χ4n) is 1.50. The summed E-state index contributed by atoms with van der Waals surface area (Å²) in [6.07, 6.45) is 5.31. The van der Waals surface area contributed by atoms with Crippen LogP contribution in [-0.4, -0.2) is 12.6 Å². The number of unbranched alkanes of at least 4 members (excludes halogenated alkanes) is 1. The van der Waals surface area contributed by atoms with Gasteiger partial charge in [-0.1, -0.05) is 40.5 Å². The van der Waals surface area contributed by atoms with Crippen LogP contribution in [0.25, 0.3) is 0 Å². The summed E-state index contributed by atoms with van der Waals surface area (Å²) in [5.74, 6) is 1.67. The molecule has 0 aliphatic heterocycles. The molecule has 0 bridgehead atoms. The Morgan fingerprint density at radius 1 is 1.00 bits per heavy atom.